The van der Waals surface area contributed by atoms with Gasteiger partial charge in [0.2, 0.25) is 10.0 Å². The molecule has 0 spiro atoms. The van der Waals surface area contributed by atoms with Gasteiger partial charge in [-0.15, -0.1) is 12.4 Å². The second-order valence-corrected chi connectivity index (χ2v) is 7.35. The van der Waals surface area contributed by atoms with Gasteiger partial charge >= 0.3 is 0 Å². The molecule has 108 valence electrons. The molecule has 1 unspecified atom stereocenters. The van der Waals surface area contributed by atoms with Crippen LogP contribution in [0.2, 0.25) is 5.02 Å². The van der Waals surface area contributed by atoms with Gasteiger partial charge in [-0.05, 0) is 30.5 Å². The fourth-order valence-corrected chi connectivity index (χ4v) is 4.23. The highest BCUT2D eigenvalue weighted by molar-refractivity contribution is 7.89. The summed E-state index contributed by atoms with van der Waals surface area (Å²) in [7, 11) is -3.50. The number of halogens is 2. The first kappa shape index (κ1) is 16.7. The Bertz CT molecular complexity index is 550. The molecule has 0 aliphatic carbocycles. The predicted molar refractivity (Wildman–Crippen MR) is 79.2 cm³/mol. The molecule has 0 bridgehead atoms. The monoisotopic (exact) mass is 324 g/mol. The van der Waals surface area contributed by atoms with Crippen molar-refractivity contribution in [3.8, 4) is 0 Å². The van der Waals surface area contributed by atoms with Gasteiger partial charge in [-0.1, -0.05) is 30.7 Å². The molecule has 1 aliphatic heterocycles. The fourth-order valence-electron chi connectivity index (χ4n) is 2.14. The van der Waals surface area contributed by atoms with Gasteiger partial charge in [-0.25, -0.2) is 8.42 Å². The summed E-state index contributed by atoms with van der Waals surface area (Å²) in [5, 5.41) is 0.263. The highest BCUT2D eigenvalue weighted by Gasteiger charge is 2.39. The predicted octanol–water partition coefficient (Wildman–Crippen LogP) is 2.12. The van der Waals surface area contributed by atoms with Crippen molar-refractivity contribution >= 4 is 34.0 Å². The lowest BCUT2D eigenvalue weighted by atomic mass is 9.90. The molecule has 1 fully saturated rings. The van der Waals surface area contributed by atoms with Crippen molar-refractivity contribution in [1.29, 1.82) is 0 Å². The van der Waals surface area contributed by atoms with Crippen LogP contribution >= 0.6 is 24.0 Å². The molecular weight excluding hydrogens is 307 g/mol. The van der Waals surface area contributed by atoms with Gasteiger partial charge in [-0.3, -0.25) is 0 Å². The van der Waals surface area contributed by atoms with Crippen LogP contribution in [0.3, 0.4) is 0 Å². The lowest BCUT2D eigenvalue weighted by Gasteiger charge is -2.22. The Labute approximate surface area is 125 Å². The van der Waals surface area contributed by atoms with Crippen molar-refractivity contribution in [1.82, 2.24) is 4.31 Å². The number of hydrogen-bond donors (Lipinski definition) is 1. The maximum absolute atomic E-state index is 12.5. The normalized spacial score (nSPS) is 24.2. The first-order chi connectivity index (χ1) is 8.39. The number of nitrogens with zero attached hydrogens (tertiary/aromatic N) is 1. The third-order valence-electron chi connectivity index (χ3n) is 3.47. The first-order valence-electron chi connectivity index (χ1n) is 5.84. The zero-order valence-corrected chi connectivity index (χ0v) is 13.1. The Kier molecular flexibility index (Phi) is 5.26. The molecule has 0 aromatic heterocycles. The van der Waals surface area contributed by atoms with Crippen LogP contribution in [0.4, 0.5) is 0 Å². The molecule has 1 aromatic carbocycles. The number of benzene rings is 1. The summed E-state index contributed by atoms with van der Waals surface area (Å²) in [6, 6.07) is 6.52. The van der Waals surface area contributed by atoms with E-state index in [-0.39, 0.29) is 27.7 Å². The maximum Gasteiger partial charge on any atom is 0.244 e. The molecule has 0 radical (unpaired) electrons. The van der Waals surface area contributed by atoms with Crippen molar-refractivity contribution < 1.29 is 8.42 Å². The molecular formula is C12H18Cl2N2O2S. The molecule has 1 heterocycles. The molecule has 2 N–H and O–H groups in total. The summed E-state index contributed by atoms with van der Waals surface area (Å²) in [6.07, 6.45) is 0.785. The lowest BCUT2D eigenvalue weighted by molar-refractivity contribution is 0.349. The average molecular weight is 325 g/mol. The molecule has 0 saturated carbocycles. The summed E-state index contributed by atoms with van der Waals surface area (Å²) in [5.41, 5.74) is 5.56. The van der Waals surface area contributed by atoms with Crippen molar-refractivity contribution in [2.75, 3.05) is 19.6 Å². The number of sulfonamides is 1. The van der Waals surface area contributed by atoms with Crippen molar-refractivity contribution in [3.63, 3.8) is 0 Å². The van der Waals surface area contributed by atoms with E-state index in [4.69, 9.17) is 17.3 Å². The minimum atomic E-state index is -3.50. The van der Waals surface area contributed by atoms with Crippen molar-refractivity contribution in [2.45, 2.75) is 18.2 Å². The third kappa shape index (κ3) is 3.23. The molecule has 1 atom stereocenters. The van der Waals surface area contributed by atoms with E-state index < -0.39 is 10.0 Å². The number of rotatable bonds is 3. The summed E-state index contributed by atoms with van der Waals surface area (Å²) in [6.45, 7) is 3.45. The molecule has 4 nitrogen and oxygen atoms in total. The van der Waals surface area contributed by atoms with Crippen LogP contribution in [0, 0.1) is 5.41 Å². The molecule has 1 aromatic rings. The van der Waals surface area contributed by atoms with E-state index in [1.165, 1.54) is 10.4 Å². The Morgan fingerprint density at radius 1 is 1.42 bits per heavy atom. The highest BCUT2D eigenvalue weighted by Crippen LogP contribution is 2.34. The number of hydrogen-bond acceptors (Lipinski definition) is 3. The van der Waals surface area contributed by atoms with Crippen molar-refractivity contribution in [3.05, 3.63) is 29.3 Å². The molecule has 19 heavy (non-hydrogen) atoms. The van der Waals surface area contributed by atoms with Gasteiger partial charge in [0.25, 0.3) is 0 Å². The van der Waals surface area contributed by atoms with Crippen LogP contribution in [0.1, 0.15) is 13.3 Å². The molecule has 0 amide bonds. The average Bonchev–Trinajstić information content (AvgIpc) is 2.74. The van der Waals surface area contributed by atoms with Gasteiger partial charge in [0.05, 0.1) is 5.02 Å². The molecule has 1 saturated heterocycles. The third-order valence-corrected chi connectivity index (χ3v) is 5.82. The lowest BCUT2D eigenvalue weighted by Crippen LogP contribution is -2.34. The Morgan fingerprint density at radius 2 is 2.05 bits per heavy atom. The van der Waals surface area contributed by atoms with Gasteiger partial charge < -0.3 is 5.73 Å². The SMILES string of the molecule is CC1(CN)CCN(S(=O)(=O)c2ccccc2Cl)C1.Cl. The molecule has 2 rings (SSSR count). The summed E-state index contributed by atoms with van der Waals surface area (Å²) in [4.78, 5) is 0.174. The smallest absolute Gasteiger partial charge is 0.244 e. The Hall–Kier alpha value is -0.330. The molecule has 1 aliphatic rings. The number of nitrogens with two attached hydrogens (primary N) is 1. The largest absolute Gasteiger partial charge is 0.330 e. The van der Waals surface area contributed by atoms with E-state index in [0.717, 1.165) is 6.42 Å². The second-order valence-electron chi connectivity index (χ2n) is 5.03. The summed E-state index contributed by atoms with van der Waals surface area (Å²) < 4.78 is 26.4. The van der Waals surface area contributed by atoms with Crippen LogP contribution in [-0.2, 0) is 10.0 Å². The Balaban J connectivity index is 0.00000180. The van der Waals surface area contributed by atoms with Gasteiger partial charge in [0, 0.05) is 13.1 Å². The van der Waals surface area contributed by atoms with Crippen LogP contribution < -0.4 is 5.73 Å². The standard InChI is InChI=1S/C12H17ClN2O2S.ClH/c1-12(8-14)6-7-15(9-12)18(16,17)11-5-3-2-4-10(11)13;/h2-5H,6-9,14H2,1H3;1H. The summed E-state index contributed by atoms with van der Waals surface area (Å²) in [5.74, 6) is 0. The van der Waals surface area contributed by atoms with E-state index in [1.54, 1.807) is 18.2 Å². The minimum absolute atomic E-state index is 0. The summed E-state index contributed by atoms with van der Waals surface area (Å²) >= 11 is 5.96. The molecule has 7 heteroatoms. The van der Waals surface area contributed by atoms with Crippen LogP contribution in [-0.4, -0.2) is 32.4 Å². The van der Waals surface area contributed by atoms with Gasteiger partial charge in [0.15, 0.2) is 0 Å². The minimum Gasteiger partial charge on any atom is -0.330 e. The van der Waals surface area contributed by atoms with E-state index in [9.17, 15) is 8.42 Å². The zero-order valence-electron chi connectivity index (χ0n) is 10.7. The highest BCUT2D eigenvalue weighted by atomic mass is 35.5. The van der Waals surface area contributed by atoms with Crippen LogP contribution in [0.5, 0.6) is 0 Å². The Morgan fingerprint density at radius 3 is 2.58 bits per heavy atom. The van der Waals surface area contributed by atoms with Crippen LogP contribution in [0.25, 0.3) is 0 Å². The van der Waals surface area contributed by atoms with E-state index in [1.807, 2.05) is 6.92 Å². The van der Waals surface area contributed by atoms with Gasteiger partial charge in [0.1, 0.15) is 4.90 Å². The first-order valence-corrected chi connectivity index (χ1v) is 7.66. The quantitative estimate of drug-likeness (QED) is 0.926. The fraction of sp³-hybridized carbons (Fsp3) is 0.500. The van der Waals surface area contributed by atoms with Gasteiger partial charge in [-0.2, -0.15) is 4.31 Å². The second kappa shape index (κ2) is 5.97. The van der Waals surface area contributed by atoms with E-state index in [2.05, 4.69) is 0 Å². The topological polar surface area (TPSA) is 63.4 Å². The zero-order chi connectivity index (χ0) is 13.4. The van der Waals surface area contributed by atoms with Crippen LogP contribution in [0.15, 0.2) is 29.2 Å². The maximum atomic E-state index is 12.5. The van der Waals surface area contributed by atoms with Crippen molar-refractivity contribution in [2.24, 2.45) is 11.1 Å². The van der Waals surface area contributed by atoms with E-state index >= 15 is 0 Å². The van der Waals surface area contributed by atoms with E-state index in [0.29, 0.717) is 19.6 Å².